The quantitative estimate of drug-likeness (QED) is 0.408. The van der Waals surface area contributed by atoms with Crippen LogP contribution in [0.3, 0.4) is 0 Å². The van der Waals surface area contributed by atoms with Crippen LogP contribution in [0, 0.1) is 11.3 Å². The predicted octanol–water partition coefficient (Wildman–Crippen LogP) is 3.60. The van der Waals surface area contributed by atoms with Crippen LogP contribution in [-0.2, 0) is 38.5 Å². The molecule has 1 unspecified atom stereocenters. The van der Waals surface area contributed by atoms with Gasteiger partial charge in [0.15, 0.2) is 0 Å². The van der Waals surface area contributed by atoms with Gasteiger partial charge in [-0.05, 0) is 0 Å². The van der Waals surface area contributed by atoms with Gasteiger partial charge in [0.05, 0.1) is 0 Å². The van der Waals surface area contributed by atoms with Gasteiger partial charge in [-0.25, -0.2) is 0 Å². The van der Waals surface area contributed by atoms with Crippen molar-refractivity contribution in [1.82, 2.24) is 0 Å². The third-order valence-electron chi connectivity index (χ3n) is 8.35. The Labute approximate surface area is 260 Å². The van der Waals surface area contributed by atoms with Crippen molar-refractivity contribution < 1.29 is 46.1 Å². The Morgan fingerprint density at radius 3 is 1.95 bits per heavy atom. The fraction of sp³-hybridized carbons (Fsp3) is 0.528. The van der Waals surface area contributed by atoms with Crippen molar-refractivity contribution in [3.05, 3.63) is 73.6 Å². The Hall–Kier alpha value is -0.747. The zero-order chi connectivity index (χ0) is 27.5. The van der Waals surface area contributed by atoms with E-state index in [-0.39, 0.29) is 41.1 Å². The number of halogens is 2. The van der Waals surface area contributed by atoms with Crippen molar-refractivity contribution in [3.8, 4) is 11.1 Å². The first-order chi connectivity index (χ1) is 17.0. The summed E-state index contributed by atoms with van der Waals surface area (Å²) in [6, 6.07) is 12.3. The first kappa shape index (κ1) is 34.5. The second kappa shape index (κ2) is 12.2. The number of hydrogen-bond donors (Lipinski definition) is 0. The van der Waals surface area contributed by atoms with Crippen LogP contribution in [0.1, 0.15) is 118 Å². The van der Waals surface area contributed by atoms with Gasteiger partial charge >= 0.3 is 237 Å². The Balaban J connectivity index is 0.00000267. The van der Waals surface area contributed by atoms with Gasteiger partial charge in [0.25, 0.3) is 0 Å². The van der Waals surface area contributed by atoms with Crippen LogP contribution in [0.15, 0.2) is 51.3 Å². The molecule has 0 amide bonds. The molecule has 0 saturated carbocycles. The van der Waals surface area contributed by atoms with E-state index < -0.39 is 21.3 Å². The molecule has 2 aliphatic carbocycles. The fourth-order valence-electron chi connectivity index (χ4n) is 6.24. The maximum atomic E-state index is 2.67. The number of rotatable bonds is 4. The van der Waals surface area contributed by atoms with E-state index in [0.717, 1.165) is 6.42 Å². The summed E-state index contributed by atoms with van der Waals surface area (Å²) in [5.41, 5.74) is 11.3. The van der Waals surface area contributed by atoms with Crippen molar-refractivity contribution in [3.63, 3.8) is 0 Å². The van der Waals surface area contributed by atoms with Crippen LogP contribution in [0.4, 0.5) is 0 Å². The third kappa shape index (κ3) is 6.84. The predicted molar refractivity (Wildman–Crippen MR) is 162 cm³/mol. The van der Waals surface area contributed by atoms with E-state index in [2.05, 4.69) is 126 Å². The van der Waals surface area contributed by atoms with Gasteiger partial charge in [0, 0.05) is 0 Å². The topological polar surface area (TPSA) is 0 Å². The van der Waals surface area contributed by atoms with Gasteiger partial charge in [-0.15, -0.1) is 0 Å². The molecular formula is C36H50Cl2Zr. The second-order valence-corrected chi connectivity index (χ2v) is 21.8. The summed E-state index contributed by atoms with van der Waals surface area (Å²) in [6.07, 6.45) is 8.93. The summed E-state index contributed by atoms with van der Waals surface area (Å²) < 4.78 is 5.32. The van der Waals surface area contributed by atoms with Gasteiger partial charge in [0.1, 0.15) is 0 Å². The van der Waals surface area contributed by atoms with E-state index >= 15 is 0 Å². The average molecular weight is 645 g/mol. The summed E-state index contributed by atoms with van der Waals surface area (Å²) in [5, 5.41) is 0. The first-order valence-corrected chi connectivity index (χ1v) is 18.1. The van der Waals surface area contributed by atoms with E-state index in [1.54, 1.807) is 23.2 Å². The van der Waals surface area contributed by atoms with Crippen molar-refractivity contribution >= 4 is 6.48 Å². The summed E-state index contributed by atoms with van der Waals surface area (Å²) >= 11 is -2.35. The van der Waals surface area contributed by atoms with Crippen LogP contribution in [0.5, 0.6) is 0 Å². The molecule has 39 heavy (non-hydrogen) atoms. The maximum Gasteiger partial charge on any atom is -1.00 e. The first-order valence-electron chi connectivity index (χ1n) is 14.5. The molecule has 2 aromatic rings. The van der Waals surface area contributed by atoms with Crippen LogP contribution >= 0.6 is 0 Å². The number of fused-ring (bicyclic) bond motifs is 3. The average Bonchev–Trinajstić information content (AvgIpc) is 3.34. The SMILES string of the molecule is CCCC1C=C(C(C)(C)C)C=[C]1[Zr+2](=[C](C)C)[c]1c(C(C)(C)C)ccc2c1Cc1cc(C(C)(C)C)ccc1-2.[Cl-].[Cl-]. The molecule has 0 heterocycles. The van der Waals surface area contributed by atoms with Gasteiger partial charge < -0.3 is 24.8 Å². The number of hydrogen-bond acceptors (Lipinski definition) is 0. The molecule has 0 bridgehead atoms. The molecule has 1 atom stereocenters. The Kier molecular flexibility index (Phi) is 10.8. The normalized spacial score (nSPS) is 16.2. The zero-order valence-electron chi connectivity index (χ0n) is 26.5. The van der Waals surface area contributed by atoms with E-state index in [0.29, 0.717) is 5.92 Å². The second-order valence-electron chi connectivity index (χ2n) is 14.8. The molecule has 0 aliphatic heterocycles. The molecule has 212 valence electrons. The Morgan fingerprint density at radius 1 is 0.821 bits per heavy atom. The Morgan fingerprint density at radius 2 is 1.44 bits per heavy atom. The molecule has 0 aromatic heterocycles. The summed E-state index contributed by atoms with van der Waals surface area (Å²) in [6.45, 7) is 28.7. The minimum atomic E-state index is -2.35. The smallest absolute Gasteiger partial charge is 1.00 e. The van der Waals surface area contributed by atoms with Gasteiger partial charge in [-0.2, -0.15) is 0 Å². The van der Waals surface area contributed by atoms with Gasteiger partial charge in [-0.3, -0.25) is 0 Å². The largest absolute Gasteiger partial charge is 1.00 e. The molecular weight excluding hydrogens is 595 g/mol. The minimum absolute atomic E-state index is 0. The third-order valence-corrected chi connectivity index (χ3v) is 16.1. The van der Waals surface area contributed by atoms with Crippen LogP contribution in [0.2, 0.25) is 0 Å². The van der Waals surface area contributed by atoms with E-state index in [4.69, 9.17) is 0 Å². The van der Waals surface area contributed by atoms with E-state index in [1.807, 2.05) is 3.28 Å². The molecule has 3 heteroatoms. The zero-order valence-corrected chi connectivity index (χ0v) is 30.5. The molecule has 4 rings (SSSR count). The summed E-state index contributed by atoms with van der Waals surface area (Å²) in [5.74, 6) is 0.614. The molecule has 0 fully saturated rings. The van der Waals surface area contributed by atoms with Crippen molar-refractivity contribution in [1.29, 1.82) is 0 Å². The van der Waals surface area contributed by atoms with Gasteiger partial charge in [0.2, 0.25) is 0 Å². The standard InChI is InChI=1S/C21H25.C12H19.C3H6.2ClH.Zr/c1-20(2,3)16-7-9-18-14(12-16)11-15-13-17(21(4,5)6)8-10-19(15)18;1-5-6-10-7-8-11(9-10)12(2,3)4;1-3-2;;;/h7-10,12H,11H2,1-6H3;8-10H,5-6H2,1-4H3;1-2H3;2*1H;/q;;;;;+2/p-2. The van der Waals surface area contributed by atoms with Crippen molar-refractivity contribution in [2.75, 3.05) is 0 Å². The molecule has 2 aliphatic rings. The van der Waals surface area contributed by atoms with Crippen LogP contribution in [-0.4, -0.2) is 3.21 Å². The molecule has 2 aromatic carbocycles. The fourth-order valence-corrected chi connectivity index (χ4v) is 14.9. The van der Waals surface area contributed by atoms with Crippen LogP contribution in [0.25, 0.3) is 11.1 Å². The molecule has 0 nitrogen and oxygen atoms in total. The number of benzene rings is 2. The molecule has 0 spiro atoms. The van der Waals surface area contributed by atoms with E-state index in [1.165, 1.54) is 35.1 Å². The summed E-state index contributed by atoms with van der Waals surface area (Å²) in [4.78, 5) is 0. The number of allylic oxidation sites excluding steroid dienone is 4. The maximum absolute atomic E-state index is 2.67. The molecule has 0 N–H and O–H groups in total. The van der Waals surface area contributed by atoms with Crippen molar-refractivity contribution in [2.45, 2.75) is 113 Å². The van der Waals surface area contributed by atoms with Gasteiger partial charge in [-0.1, -0.05) is 0 Å². The molecule has 0 radical (unpaired) electrons. The van der Waals surface area contributed by atoms with Crippen molar-refractivity contribution in [2.24, 2.45) is 11.3 Å². The van der Waals surface area contributed by atoms with Crippen LogP contribution < -0.4 is 28.1 Å². The minimum Gasteiger partial charge on any atom is -1.00 e. The monoisotopic (exact) mass is 642 g/mol. The molecule has 0 saturated heterocycles. The Bertz CT molecular complexity index is 1310. The summed E-state index contributed by atoms with van der Waals surface area (Å²) in [7, 11) is 0. The van der Waals surface area contributed by atoms with E-state index in [9.17, 15) is 0 Å².